The molecular weight excluding hydrogens is 394 g/mol. The lowest BCUT2D eigenvalue weighted by atomic mass is 9.98. The van der Waals surface area contributed by atoms with Crippen LogP contribution in [0.2, 0.25) is 0 Å². The molecule has 1 saturated carbocycles. The summed E-state index contributed by atoms with van der Waals surface area (Å²) in [5.74, 6) is 2.65. The molecular formula is C24H31N3O2S. The number of aromatic nitrogens is 1. The number of fused-ring (bicyclic) bond motifs is 2. The van der Waals surface area contributed by atoms with Gasteiger partial charge in [0.1, 0.15) is 5.60 Å². The first-order chi connectivity index (χ1) is 14.2. The van der Waals surface area contributed by atoms with E-state index < -0.39 is 5.60 Å². The van der Waals surface area contributed by atoms with Crippen LogP contribution in [0.1, 0.15) is 50.6 Å². The van der Waals surface area contributed by atoms with Crippen LogP contribution in [0.4, 0.5) is 4.79 Å². The van der Waals surface area contributed by atoms with E-state index in [0.717, 1.165) is 35.0 Å². The molecule has 2 fully saturated rings. The standard InChI is InChI=1S/C24H31N3O2S/c1-14-6-8-19(27(11-14)23(28)29-24(2,3)4)15-7-9-20-18(10-15)25-22(30-20)21-16-12-26(5)13-17(16)21/h7-10,14,16-17,21H,6,11-13H2,1-5H3/t14-,16-,17+,21-/m0/s1. The lowest BCUT2D eigenvalue weighted by molar-refractivity contribution is 0.0327. The Morgan fingerprint density at radius 3 is 2.63 bits per heavy atom. The average Bonchev–Trinajstić information content (AvgIpc) is 3.00. The van der Waals surface area contributed by atoms with Crippen molar-refractivity contribution in [2.45, 2.75) is 45.6 Å². The number of amides is 1. The molecule has 1 aromatic carbocycles. The largest absolute Gasteiger partial charge is 0.443 e. The van der Waals surface area contributed by atoms with Gasteiger partial charge in [0, 0.05) is 31.1 Å². The Bertz CT molecular complexity index is 1010. The summed E-state index contributed by atoms with van der Waals surface area (Å²) in [7, 11) is 2.21. The van der Waals surface area contributed by atoms with Crippen LogP contribution in [0.5, 0.6) is 0 Å². The van der Waals surface area contributed by atoms with Crippen LogP contribution in [0.3, 0.4) is 0 Å². The lowest BCUT2D eigenvalue weighted by Gasteiger charge is -2.33. The number of piperidine rings is 1. The van der Waals surface area contributed by atoms with E-state index in [1.54, 1.807) is 4.90 Å². The van der Waals surface area contributed by atoms with Gasteiger partial charge in [-0.25, -0.2) is 9.78 Å². The number of ether oxygens (including phenoxy) is 1. The Kier molecular flexibility index (Phi) is 4.71. The zero-order chi connectivity index (χ0) is 21.2. The zero-order valence-electron chi connectivity index (χ0n) is 18.5. The number of benzene rings is 1. The number of allylic oxidation sites excluding steroid dienone is 1. The SMILES string of the molecule is C[C@H]1CC=C(c2ccc3sc([C@@H]4[C@@H]5CN(C)C[C@@H]54)nc3c2)N(C(=O)OC(C)(C)C)C1. The number of rotatable bonds is 2. The average molecular weight is 426 g/mol. The molecule has 1 aliphatic carbocycles. The lowest BCUT2D eigenvalue weighted by Crippen LogP contribution is -2.39. The molecule has 1 amide bonds. The Morgan fingerprint density at radius 1 is 1.20 bits per heavy atom. The van der Waals surface area contributed by atoms with Gasteiger partial charge in [-0.15, -0.1) is 11.3 Å². The van der Waals surface area contributed by atoms with Gasteiger partial charge in [-0.2, -0.15) is 0 Å². The molecule has 0 bridgehead atoms. The first kappa shape index (κ1) is 20.0. The molecule has 2 aliphatic heterocycles. The predicted octanol–water partition coefficient (Wildman–Crippen LogP) is 5.19. The predicted molar refractivity (Wildman–Crippen MR) is 122 cm³/mol. The highest BCUT2D eigenvalue weighted by Gasteiger charge is 2.56. The van der Waals surface area contributed by atoms with E-state index in [2.05, 4.69) is 43.1 Å². The van der Waals surface area contributed by atoms with Crippen molar-refractivity contribution >= 4 is 33.3 Å². The first-order valence-electron chi connectivity index (χ1n) is 11.0. The number of carbonyl (C=O) groups is 1. The Hall–Kier alpha value is -1.92. The van der Waals surface area contributed by atoms with E-state index in [-0.39, 0.29) is 6.09 Å². The maximum Gasteiger partial charge on any atom is 0.414 e. The van der Waals surface area contributed by atoms with E-state index in [0.29, 0.717) is 18.4 Å². The van der Waals surface area contributed by atoms with Crippen molar-refractivity contribution in [2.75, 3.05) is 26.7 Å². The highest BCUT2D eigenvalue weighted by atomic mass is 32.1. The van der Waals surface area contributed by atoms with Crippen molar-refractivity contribution in [1.29, 1.82) is 0 Å². The second-order valence-corrected chi connectivity index (χ2v) is 11.4. The van der Waals surface area contributed by atoms with Crippen LogP contribution < -0.4 is 0 Å². The molecule has 3 aliphatic rings. The van der Waals surface area contributed by atoms with Crippen LogP contribution in [-0.4, -0.2) is 53.2 Å². The summed E-state index contributed by atoms with van der Waals surface area (Å²) in [6.07, 6.45) is 2.87. The number of hydrogen-bond donors (Lipinski definition) is 0. The summed E-state index contributed by atoms with van der Waals surface area (Å²) < 4.78 is 6.92. The Morgan fingerprint density at radius 2 is 1.93 bits per heavy atom. The molecule has 5 nitrogen and oxygen atoms in total. The summed E-state index contributed by atoms with van der Waals surface area (Å²) in [5, 5.41) is 1.29. The van der Waals surface area contributed by atoms with Crippen molar-refractivity contribution in [2.24, 2.45) is 17.8 Å². The molecule has 160 valence electrons. The molecule has 5 rings (SSSR count). The van der Waals surface area contributed by atoms with E-state index in [1.165, 1.54) is 22.8 Å². The van der Waals surface area contributed by atoms with Crippen molar-refractivity contribution < 1.29 is 9.53 Å². The fourth-order valence-corrected chi connectivity index (χ4v) is 6.22. The summed E-state index contributed by atoms with van der Waals surface area (Å²) in [6, 6.07) is 6.45. The second-order valence-electron chi connectivity index (χ2n) is 10.3. The van der Waals surface area contributed by atoms with Gasteiger partial charge in [0.2, 0.25) is 0 Å². The number of thiazole rings is 1. The molecule has 1 aromatic heterocycles. The third kappa shape index (κ3) is 3.65. The monoisotopic (exact) mass is 425 g/mol. The van der Waals surface area contributed by atoms with Crippen molar-refractivity contribution in [1.82, 2.24) is 14.8 Å². The zero-order valence-corrected chi connectivity index (χ0v) is 19.3. The van der Waals surface area contributed by atoms with Gasteiger partial charge < -0.3 is 9.64 Å². The Balaban J connectivity index is 1.42. The van der Waals surface area contributed by atoms with Crippen molar-refractivity contribution in [3.8, 4) is 0 Å². The van der Waals surface area contributed by atoms with Crippen LogP contribution in [0, 0.1) is 17.8 Å². The van der Waals surface area contributed by atoms with Gasteiger partial charge in [0.05, 0.1) is 20.9 Å². The van der Waals surface area contributed by atoms with Crippen LogP contribution in [0.15, 0.2) is 24.3 Å². The molecule has 1 saturated heterocycles. The third-order valence-corrected chi connectivity index (χ3v) is 7.61. The van der Waals surface area contributed by atoms with Crippen molar-refractivity contribution in [3.63, 3.8) is 0 Å². The number of carbonyl (C=O) groups excluding carboxylic acids is 1. The van der Waals surface area contributed by atoms with E-state index in [9.17, 15) is 4.79 Å². The Labute approximate surface area is 182 Å². The first-order valence-corrected chi connectivity index (χ1v) is 11.8. The molecule has 0 unspecified atom stereocenters. The fourth-order valence-electron chi connectivity index (χ4n) is 5.02. The molecule has 0 spiro atoms. The minimum atomic E-state index is -0.507. The molecule has 2 aromatic rings. The van der Waals surface area contributed by atoms with Gasteiger partial charge in [-0.1, -0.05) is 19.1 Å². The highest BCUT2D eigenvalue weighted by molar-refractivity contribution is 7.18. The fraction of sp³-hybridized carbons (Fsp3) is 0.583. The maximum absolute atomic E-state index is 12.9. The summed E-state index contributed by atoms with van der Waals surface area (Å²) >= 11 is 1.84. The molecule has 0 radical (unpaired) electrons. The normalized spacial score (nSPS) is 29.1. The molecule has 4 atom stereocenters. The van der Waals surface area contributed by atoms with Gasteiger partial charge in [0.15, 0.2) is 0 Å². The summed E-state index contributed by atoms with van der Waals surface area (Å²) in [6.45, 7) is 11.0. The summed E-state index contributed by atoms with van der Waals surface area (Å²) in [5.41, 5.74) is 2.54. The molecule has 30 heavy (non-hydrogen) atoms. The maximum atomic E-state index is 12.9. The van der Waals surface area contributed by atoms with Gasteiger partial charge in [-0.3, -0.25) is 4.90 Å². The van der Waals surface area contributed by atoms with Gasteiger partial charge >= 0.3 is 6.09 Å². The van der Waals surface area contributed by atoms with E-state index in [1.807, 2.05) is 32.1 Å². The minimum Gasteiger partial charge on any atom is -0.443 e. The smallest absolute Gasteiger partial charge is 0.414 e. The number of nitrogens with zero attached hydrogens (tertiary/aromatic N) is 3. The summed E-state index contributed by atoms with van der Waals surface area (Å²) in [4.78, 5) is 22.1. The number of hydrogen-bond acceptors (Lipinski definition) is 5. The highest BCUT2D eigenvalue weighted by Crippen LogP contribution is 2.58. The quantitative estimate of drug-likeness (QED) is 0.664. The van der Waals surface area contributed by atoms with E-state index >= 15 is 0 Å². The van der Waals surface area contributed by atoms with Gasteiger partial charge in [0.25, 0.3) is 0 Å². The van der Waals surface area contributed by atoms with Gasteiger partial charge in [-0.05, 0) is 64.1 Å². The topological polar surface area (TPSA) is 45.7 Å². The molecule has 6 heteroatoms. The van der Waals surface area contributed by atoms with Crippen LogP contribution in [0.25, 0.3) is 15.9 Å². The molecule has 0 N–H and O–H groups in total. The van der Waals surface area contributed by atoms with Crippen LogP contribution in [-0.2, 0) is 4.74 Å². The van der Waals surface area contributed by atoms with Crippen molar-refractivity contribution in [3.05, 3.63) is 34.8 Å². The third-order valence-electron chi connectivity index (χ3n) is 6.47. The van der Waals surface area contributed by atoms with Crippen LogP contribution >= 0.6 is 11.3 Å². The number of likely N-dealkylation sites (tertiary alicyclic amines) is 1. The minimum absolute atomic E-state index is 0.269. The van der Waals surface area contributed by atoms with E-state index in [4.69, 9.17) is 9.72 Å². The molecule has 3 heterocycles. The second kappa shape index (κ2) is 7.06.